The molecule has 5 rings (SSSR count). The second kappa shape index (κ2) is 7.52. The molecule has 0 amide bonds. The number of aryl methyl sites for hydroxylation is 1. The Balaban J connectivity index is 1.61. The summed E-state index contributed by atoms with van der Waals surface area (Å²) in [6, 6.07) is 11.1. The van der Waals surface area contributed by atoms with Gasteiger partial charge in [-0.1, -0.05) is 12.1 Å². The molecule has 4 aromatic rings. The lowest BCUT2D eigenvalue weighted by Crippen LogP contribution is -2.13. The van der Waals surface area contributed by atoms with E-state index in [1.165, 1.54) is 36.7 Å². The molecule has 1 aromatic carbocycles. The molecule has 1 aliphatic heterocycles. The van der Waals surface area contributed by atoms with Crippen LogP contribution in [0, 0.1) is 0 Å². The highest BCUT2D eigenvalue weighted by atomic mass is 32.2. The van der Waals surface area contributed by atoms with Crippen molar-refractivity contribution in [1.82, 2.24) is 14.5 Å². The van der Waals surface area contributed by atoms with E-state index in [2.05, 4.69) is 44.8 Å². The number of nitrogens with one attached hydrogen (secondary N) is 1. The maximum Gasteiger partial charge on any atom is 0.263 e. The van der Waals surface area contributed by atoms with Gasteiger partial charge in [-0.05, 0) is 35.7 Å². The summed E-state index contributed by atoms with van der Waals surface area (Å²) >= 11 is 0. The first kappa shape index (κ1) is 20.3. The molecule has 0 bridgehead atoms. The summed E-state index contributed by atoms with van der Waals surface area (Å²) in [6.07, 6.45) is 5.90. The summed E-state index contributed by atoms with van der Waals surface area (Å²) in [5.41, 5.74) is 5.63. The zero-order valence-corrected chi connectivity index (χ0v) is 18.8. The molecule has 32 heavy (non-hydrogen) atoms. The molecule has 0 unspecified atom stereocenters. The number of pyridine rings is 2. The van der Waals surface area contributed by atoms with Crippen LogP contribution in [0.15, 0.2) is 59.9 Å². The molecule has 0 saturated heterocycles. The Bertz CT molecular complexity index is 1430. The van der Waals surface area contributed by atoms with Crippen LogP contribution in [0.4, 0.5) is 11.4 Å². The molecule has 0 fully saturated rings. The van der Waals surface area contributed by atoms with Gasteiger partial charge in [0, 0.05) is 50.4 Å². The van der Waals surface area contributed by atoms with Crippen molar-refractivity contribution in [1.29, 1.82) is 0 Å². The van der Waals surface area contributed by atoms with E-state index >= 15 is 0 Å². The maximum absolute atomic E-state index is 13.1. The van der Waals surface area contributed by atoms with Crippen LogP contribution in [0.3, 0.4) is 0 Å². The Morgan fingerprint density at radius 1 is 1.09 bits per heavy atom. The number of nitrogens with zero attached hydrogens (tertiary/aromatic N) is 4. The average Bonchev–Trinajstić information content (AvgIpc) is 3.34. The summed E-state index contributed by atoms with van der Waals surface area (Å²) in [5, 5.41) is 0.751. The monoisotopic (exact) mass is 449 g/mol. The van der Waals surface area contributed by atoms with Crippen molar-refractivity contribution in [2.24, 2.45) is 7.05 Å². The first-order chi connectivity index (χ1) is 15.4. The SMILES string of the molecule is COc1ccc(S(=O)(=O)Nc2ccnc3c2c(-c2ccc4c(c2)N(C)CC4)cn3C)cn1. The standard InChI is InChI=1S/C23H23N5O3S/c1-27-11-9-15-4-5-16(12-20(15)27)18-14-28(2)23-22(18)19(8-10-24-23)26-32(29,30)17-6-7-21(31-3)25-13-17/h4-8,10,12-14H,9,11H2,1-3H3,(H,24,26). The Hall–Kier alpha value is -3.59. The average molecular weight is 450 g/mol. The van der Waals surface area contributed by atoms with E-state index < -0.39 is 10.0 Å². The molecule has 0 saturated carbocycles. The number of benzene rings is 1. The van der Waals surface area contributed by atoms with Gasteiger partial charge < -0.3 is 14.2 Å². The summed E-state index contributed by atoms with van der Waals surface area (Å²) in [4.78, 5) is 10.8. The number of hydrogen-bond donors (Lipinski definition) is 1. The van der Waals surface area contributed by atoms with Crippen LogP contribution in [-0.2, 0) is 23.5 Å². The van der Waals surface area contributed by atoms with E-state index in [0.717, 1.165) is 29.5 Å². The van der Waals surface area contributed by atoms with Gasteiger partial charge in [-0.25, -0.2) is 18.4 Å². The van der Waals surface area contributed by atoms with E-state index in [1.807, 2.05) is 17.8 Å². The third-order valence-electron chi connectivity index (χ3n) is 5.85. The predicted molar refractivity (Wildman–Crippen MR) is 125 cm³/mol. The second-order valence-corrected chi connectivity index (χ2v) is 9.55. The maximum atomic E-state index is 13.1. The van der Waals surface area contributed by atoms with Crippen LogP contribution in [0.1, 0.15) is 5.56 Å². The van der Waals surface area contributed by atoms with Crippen molar-refractivity contribution in [3.05, 3.63) is 60.6 Å². The lowest BCUT2D eigenvalue weighted by atomic mass is 10.0. The number of ether oxygens (including phenoxy) is 1. The number of anilines is 2. The Kier molecular flexibility index (Phi) is 4.78. The zero-order chi connectivity index (χ0) is 22.5. The van der Waals surface area contributed by atoms with E-state index in [1.54, 1.807) is 12.3 Å². The number of fused-ring (bicyclic) bond motifs is 2. The topological polar surface area (TPSA) is 89.4 Å². The van der Waals surface area contributed by atoms with E-state index in [0.29, 0.717) is 17.2 Å². The molecule has 0 aliphatic carbocycles. The highest BCUT2D eigenvalue weighted by Crippen LogP contribution is 2.38. The van der Waals surface area contributed by atoms with Gasteiger partial charge in [0.15, 0.2) is 0 Å². The summed E-state index contributed by atoms with van der Waals surface area (Å²) < 4.78 is 35.8. The van der Waals surface area contributed by atoms with Crippen LogP contribution in [0.2, 0.25) is 0 Å². The smallest absolute Gasteiger partial charge is 0.263 e. The molecule has 0 radical (unpaired) electrons. The fourth-order valence-electron chi connectivity index (χ4n) is 4.16. The summed E-state index contributed by atoms with van der Waals surface area (Å²) in [6.45, 7) is 0.997. The van der Waals surface area contributed by atoms with Gasteiger partial charge in [0.2, 0.25) is 5.88 Å². The first-order valence-electron chi connectivity index (χ1n) is 10.2. The lowest BCUT2D eigenvalue weighted by molar-refractivity contribution is 0.397. The van der Waals surface area contributed by atoms with Crippen LogP contribution in [0.25, 0.3) is 22.2 Å². The molecule has 8 nitrogen and oxygen atoms in total. The molecule has 1 aliphatic rings. The predicted octanol–water partition coefficient (Wildman–Crippen LogP) is 3.44. The van der Waals surface area contributed by atoms with E-state index in [-0.39, 0.29) is 4.90 Å². The number of hydrogen-bond acceptors (Lipinski definition) is 6. The van der Waals surface area contributed by atoms with Crippen molar-refractivity contribution in [2.45, 2.75) is 11.3 Å². The molecular formula is C23H23N5O3S. The van der Waals surface area contributed by atoms with Gasteiger partial charge in [-0.2, -0.15) is 0 Å². The van der Waals surface area contributed by atoms with Crippen LogP contribution in [-0.4, -0.2) is 43.7 Å². The molecular weight excluding hydrogens is 426 g/mol. The number of aromatic nitrogens is 3. The Morgan fingerprint density at radius 2 is 1.94 bits per heavy atom. The Labute approximate surface area is 186 Å². The van der Waals surface area contributed by atoms with E-state index in [4.69, 9.17) is 4.74 Å². The lowest BCUT2D eigenvalue weighted by Gasteiger charge is -2.14. The largest absolute Gasteiger partial charge is 0.481 e. The summed E-state index contributed by atoms with van der Waals surface area (Å²) in [7, 11) is 1.62. The second-order valence-electron chi connectivity index (χ2n) is 7.87. The molecule has 3 aromatic heterocycles. The third kappa shape index (κ3) is 3.34. The fourth-order valence-corrected chi connectivity index (χ4v) is 5.18. The van der Waals surface area contributed by atoms with Crippen LogP contribution >= 0.6 is 0 Å². The number of sulfonamides is 1. The summed E-state index contributed by atoms with van der Waals surface area (Å²) in [5.74, 6) is 0.349. The highest BCUT2D eigenvalue weighted by Gasteiger charge is 2.22. The molecule has 9 heteroatoms. The minimum atomic E-state index is -3.85. The van der Waals surface area contributed by atoms with Gasteiger partial charge in [0.1, 0.15) is 10.5 Å². The minimum absolute atomic E-state index is 0.0555. The molecule has 164 valence electrons. The van der Waals surface area contributed by atoms with Gasteiger partial charge in [0.25, 0.3) is 10.0 Å². The van der Waals surface area contributed by atoms with Crippen LogP contribution < -0.4 is 14.4 Å². The fraction of sp³-hybridized carbons (Fsp3) is 0.217. The van der Waals surface area contributed by atoms with Crippen LogP contribution in [0.5, 0.6) is 5.88 Å². The van der Waals surface area contributed by atoms with Crippen molar-refractivity contribution in [3.63, 3.8) is 0 Å². The zero-order valence-electron chi connectivity index (χ0n) is 18.0. The quantitative estimate of drug-likeness (QED) is 0.502. The van der Waals surface area contributed by atoms with E-state index in [9.17, 15) is 8.42 Å². The third-order valence-corrected chi connectivity index (χ3v) is 7.20. The van der Waals surface area contributed by atoms with Crippen molar-refractivity contribution in [2.75, 3.05) is 30.3 Å². The molecule has 1 N–H and O–H groups in total. The first-order valence-corrected chi connectivity index (χ1v) is 11.7. The van der Waals surface area contributed by atoms with Crippen molar-refractivity contribution >= 4 is 32.4 Å². The van der Waals surface area contributed by atoms with Crippen molar-refractivity contribution < 1.29 is 13.2 Å². The van der Waals surface area contributed by atoms with Gasteiger partial charge in [-0.15, -0.1) is 0 Å². The Morgan fingerprint density at radius 3 is 2.69 bits per heavy atom. The number of methoxy groups -OCH3 is 1. The molecule has 4 heterocycles. The molecule has 0 atom stereocenters. The van der Waals surface area contributed by atoms with Gasteiger partial charge >= 0.3 is 0 Å². The number of likely N-dealkylation sites (N-methyl/N-ethyl adjacent to an activating group) is 1. The normalized spacial score (nSPS) is 13.4. The van der Waals surface area contributed by atoms with Gasteiger partial charge in [-0.3, -0.25) is 4.72 Å². The number of rotatable bonds is 5. The minimum Gasteiger partial charge on any atom is -0.481 e. The highest BCUT2D eigenvalue weighted by molar-refractivity contribution is 7.92. The van der Waals surface area contributed by atoms with Crippen molar-refractivity contribution in [3.8, 4) is 17.0 Å². The van der Waals surface area contributed by atoms with Gasteiger partial charge in [0.05, 0.1) is 24.4 Å². The molecule has 0 spiro atoms.